The molecule has 0 unspecified atom stereocenters. The molecule has 1 aliphatic rings. The summed E-state index contributed by atoms with van der Waals surface area (Å²) in [7, 11) is 1.26. The zero-order valence-electron chi connectivity index (χ0n) is 9.43. The van der Waals surface area contributed by atoms with Crippen LogP contribution in [0.2, 0.25) is 0 Å². The molecule has 0 aromatic carbocycles. The normalized spacial score (nSPS) is 22.8. The first-order valence-electron chi connectivity index (χ1n) is 4.94. The lowest BCUT2D eigenvalue weighted by Crippen LogP contribution is -2.10. The number of ether oxygens (including phenoxy) is 1. The predicted molar refractivity (Wildman–Crippen MR) is 60.2 cm³/mol. The molecule has 1 rings (SSSR count). The zero-order chi connectivity index (χ0) is 12.8. The van der Waals surface area contributed by atoms with Gasteiger partial charge in [0.15, 0.2) is 0 Å². The van der Waals surface area contributed by atoms with Gasteiger partial charge in [-0.1, -0.05) is 6.58 Å². The molecular formula is C12H13F2NO2. The number of halogens is 2. The van der Waals surface area contributed by atoms with Crippen LogP contribution in [-0.2, 0) is 9.53 Å². The molecule has 0 bridgehead atoms. The summed E-state index contributed by atoms with van der Waals surface area (Å²) >= 11 is 0. The summed E-state index contributed by atoms with van der Waals surface area (Å²) in [6.07, 6.45) is 3.23. The van der Waals surface area contributed by atoms with E-state index in [0.717, 1.165) is 12.2 Å². The van der Waals surface area contributed by atoms with Gasteiger partial charge >= 0.3 is 5.97 Å². The molecule has 5 heteroatoms. The molecule has 1 heterocycles. The van der Waals surface area contributed by atoms with Gasteiger partial charge in [-0.3, -0.25) is 4.79 Å². The van der Waals surface area contributed by atoms with Gasteiger partial charge in [-0.05, 0) is 17.2 Å². The lowest BCUT2D eigenvalue weighted by Gasteiger charge is -2.06. The van der Waals surface area contributed by atoms with Crippen molar-refractivity contribution in [2.75, 3.05) is 13.7 Å². The SMILES string of the molecule is C=C1/C=C(F)\C=C(\F)CNC=C1CC(=O)OC. The summed E-state index contributed by atoms with van der Waals surface area (Å²) in [5, 5.41) is 2.63. The molecule has 0 aliphatic carbocycles. The van der Waals surface area contributed by atoms with Crippen LogP contribution < -0.4 is 5.32 Å². The van der Waals surface area contributed by atoms with Crippen molar-refractivity contribution < 1.29 is 18.3 Å². The van der Waals surface area contributed by atoms with Crippen molar-refractivity contribution in [2.45, 2.75) is 6.42 Å². The first kappa shape index (κ1) is 13.2. The number of allylic oxidation sites excluding steroid dienone is 4. The van der Waals surface area contributed by atoms with E-state index >= 15 is 0 Å². The number of carbonyl (C=O) groups is 1. The van der Waals surface area contributed by atoms with Gasteiger partial charge in [0.05, 0.1) is 20.1 Å². The Labute approximate surface area is 98.1 Å². The molecule has 0 fully saturated rings. The van der Waals surface area contributed by atoms with Gasteiger partial charge in [-0.25, -0.2) is 8.78 Å². The molecule has 1 aliphatic heterocycles. The van der Waals surface area contributed by atoms with E-state index in [1.807, 2.05) is 0 Å². The van der Waals surface area contributed by atoms with Crippen LogP contribution in [0.3, 0.4) is 0 Å². The average molecular weight is 241 g/mol. The van der Waals surface area contributed by atoms with Crippen LogP contribution in [-0.4, -0.2) is 19.6 Å². The molecule has 0 spiro atoms. The maximum Gasteiger partial charge on any atom is 0.310 e. The lowest BCUT2D eigenvalue weighted by atomic mass is 10.1. The van der Waals surface area contributed by atoms with Crippen molar-refractivity contribution in [3.63, 3.8) is 0 Å². The van der Waals surface area contributed by atoms with Crippen molar-refractivity contribution >= 4 is 5.97 Å². The number of rotatable bonds is 2. The predicted octanol–water partition coefficient (Wildman–Crippen LogP) is 2.30. The lowest BCUT2D eigenvalue weighted by molar-refractivity contribution is -0.139. The molecule has 1 N–H and O–H groups in total. The third-order valence-corrected chi connectivity index (χ3v) is 2.13. The Morgan fingerprint density at radius 1 is 1.53 bits per heavy atom. The van der Waals surface area contributed by atoms with Crippen LogP contribution in [0.5, 0.6) is 0 Å². The number of carbonyl (C=O) groups excluding carboxylic acids is 1. The number of hydrogen-bond donors (Lipinski definition) is 1. The van der Waals surface area contributed by atoms with E-state index in [1.54, 1.807) is 0 Å². The first-order chi connectivity index (χ1) is 8.02. The van der Waals surface area contributed by atoms with Crippen molar-refractivity contribution in [1.29, 1.82) is 0 Å². The van der Waals surface area contributed by atoms with E-state index in [0.29, 0.717) is 11.1 Å². The van der Waals surface area contributed by atoms with E-state index in [1.165, 1.54) is 13.3 Å². The number of hydrogen-bond acceptors (Lipinski definition) is 3. The number of methoxy groups -OCH3 is 1. The fraction of sp³-hybridized carbons (Fsp3) is 0.250. The zero-order valence-corrected chi connectivity index (χ0v) is 9.43. The second-order valence-electron chi connectivity index (χ2n) is 3.45. The Balaban J connectivity index is 2.92. The maximum atomic E-state index is 13.2. The van der Waals surface area contributed by atoms with Gasteiger partial charge in [-0.2, -0.15) is 0 Å². The van der Waals surface area contributed by atoms with Gasteiger partial charge in [0, 0.05) is 12.3 Å². The molecule has 3 nitrogen and oxygen atoms in total. The highest BCUT2D eigenvalue weighted by molar-refractivity contribution is 5.74. The first-order valence-corrected chi connectivity index (χ1v) is 4.94. The minimum absolute atomic E-state index is 0.0479. The Bertz CT molecular complexity index is 422. The van der Waals surface area contributed by atoms with E-state index in [4.69, 9.17) is 0 Å². The Kier molecular flexibility index (Phi) is 4.63. The molecule has 0 amide bonds. The Morgan fingerprint density at radius 3 is 2.88 bits per heavy atom. The molecule has 0 aromatic heterocycles. The third kappa shape index (κ3) is 4.22. The summed E-state index contributed by atoms with van der Waals surface area (Å²) in [6, 6.07) is 0. The second kappa shape index (κ2) is 5.98. The topological polar surface area (TPSA) is 38.3 Å². The maximum absolute atomic E-state index is 13.2. The fourth-order valence-corrected chi connectivity index (χ4v) is 1.26. The van der Waals surface area contributed by atoms with Crippen molar-refractivity contribution in [2.24, 2.45) is 0 Å². The molecule has 92 valence electrons. The van der Waals surface area contributed by atoms with Crippen LogP contribution in [0.25, 0.3) is 0 Å². The van der Waals surface area contributed by atoms with Crippen LogP contribution in [0.1, 0.15) is 6.42 Å². The van der Waals surface area contributed by atoms with Crippen LogP contribution >= 0.6 is 0 Å². The smallest absolute Gasteiger partial charge is 0.310 e. The molecule has 0 atom stereocenters. The summed E-state index contributed by atoms with van der Waals surface area (Å²) < 4.78 is 30.7. The molecular weight excluding hydrogens is 228 g/mol. The van der Waals surface area contributed by atoms with E-state index in [9.17, 15) is 13.6 Å². The quantitative estimate of drug-likeness (QED) is 0.754. The van der Waals surface area contributed by atoms with Crippen LogP contribution in [0.15, 0.2) is 47.7 Å². The fourth-order valence-electron chi connectivity index (χ4n) is 1.26. The van der Waals surface area contributed by atoms with E-state index in [-0.39, 0.29) is 13.0 Å². The third-order valence-electron chi connectivity index (χ3n) is 2.13. The van der Waals surface area contributed by atoms with Crippen LogP contribution in [0, 0.1) is 0 Å². The van der Waals surface area contributed by atoms with Gasteiger partial charge < -0.3 is 10.1 Å². The van der Waals surface area contributed by atoms with Gasteiger partial charge in [0.25, 0.3) is 0 Å². The monoisotopic (exact) mass is 241 g/mol. The van der Waals surface area contributed by atoms with Crippen LogP contribution in [0.4, 0.5) is 8.78 Å². The minimum Gasteiger partial charge on any atom is -0.469 e. The summed E-state index contributed by atoms with van der Waals surface area (Å²) in [4.78, 5) is 11.1. The summed E-state index contributed by atoms with van der Waals surface area (Å²) in [5.41, 5.74) is 0.751. The van der Waals surface area contributed by atoms with Crippen molar-refractivity contribution in [3.8, 4) is 0 Å². The molecule has 0 aromatic rings. The second-order valence-corrected chi connectivity index (χ2v) is 3.45. The Morgan fingerprint density at radius 2 is 2.24 bits per heavy atom. The highest BCUT2D eigenvalue weighted by atomic mass is 19.1. The van der Waals surface area contributed by atoms with Crippen molar-refractivity contribution in [1.82, 2.24) is 5.32 Å². The van der Waals surface area contributed by atoms with Gasteiger partial charge in [-0.15, -0.1) is 0 Å². The largest absolute Gasteiger partial charge is 0.469 e. The number of nitrogens with one attached hydrogen (secondary N) is 1. The molecule has 17 heavy (non-hydrogen) atoms. The van der Waals surface area contributed by atoms with Gasteiger partial charge in [0.1, 0.15) is 11.7 Å². The highest BCUT2D eigenvalue weighted by Gasteiger charge is 2.10. The highest BCUT2D eigenvalue weighted by Crippen LogP contribution is 2.18. The molecule has 0 radical (unpaired) electrons. The van der Waals surface area contributed by atoms with E-state index in [2.05, 4.69) is 16.6 Å². The van der Waals surface area contributed by atoms with Gasteiger partial charge in [0.2, 0.25) is 0 Å². The molecule has 0 saturated carbocycles. The van der Waals surface area contributed by atoms with E-state index < -0.39 is 17.6 Å². The average Bonchev–Trinajstić information content (AvgIpc) is 2.30. The Hall–Kier alpha value is -1.91. The summed E-state index contributed by atoms with van der Waals surface area (Å²) in [5.74, 6) is -1.85. The van der Waals surface area contributed by atoms with Crippen molar-refractivity contribution in [3.05, 3.63) is 47.7 Å². The minimum atomic E-state index is -0.744. The summed E-state index contributed by atoms with van der Waals surface area (Å²) in [6.45, 7) is 3.48. The standard InChI is InChI=1S/C12H13F2NO2/c1-8-3-10(13)5-11(14)7-15-6-9(8)4-12(16)17-2/h3,5-6,15H,1,4,7H2,2H3/b9-6?,10-3+,11-5+. The number of esters is 1. The molecule has 0 saturated heterocycles.